The number of carbonyl (C=O) groups is 2. The van der Waals surface area contributed by atoms with Gasteiger partial charge in [-0.15, -0.1) is 0 Å². The third kappa shape index (κ3) is 4.36. The van der Waals surface area contributed by atoms with Crippen molar-refractivity contribution < 1.29 is 19.1 Å². The molecule has 0 bridgehead atoms. The minimum atomic E-state index is -0.467. The molecule has 0 radical (unpaired) electrons. The smallest absolute Gasteiger partial charge is 0.261 e. The molecule has 0 unspecified atom stereocenters. The normalized spacial score (nSPS) is 20.7. The number of allylic oxidation sites excluding steroid dienone is 1. The van der Waals surface area contributed by atoms with Crippen molar-refractivity contribution in [3.8, 4) is 5.75 Å². The summed E-state index contributed by atoms with van der Waals surface area (Å²) in [5, 5.41) is 13.5. The van der Waals surface area contributed by atoms with Crippen LogP contribution in [-0.2, 0) is 20.7 Å². The van der Waals surface area contributed by atoms with E-state index in [0.717, 1.165) is 29.6 Å². The van der Waals surface area contributed by atoms with Crippen LogP contribution in [0.4, 0.5) is 11.4 Å². The average Bonchev–Trinajstić information content (AvgIpc) is 3.07. The van der Waals surface area contributed by atoms with Gasteiger partial charge in [-0.05, 0) is 19.9 Å². The highest BCUT2D eigenvalue weighted by Crippen LogP contribution is 2.42. The van der Waals surface area contributed by atoms with E-state index in [1.807, 2.05) is 26.0 Å². The van der Waals surface area contributed by atoms with Crippen molar-refractivity contribution in [3.05, 3.63) is 40.9 Å². The van der Waals surface area contributed by atoms with Crippen LogP contribution in [0.25, 0.3) is 0 Å². The zero-order chi connectivity index (χ0) is 22.0. The number of amides is 1. The Bertz CT molecular complexity index is 1020. The number of fused-ring (bicyclic) bond motifs is 1. The zero-order valence-electron chi connectivity index (χ0n) is 17.5. The van der Waals surface area contributed by atoms with E-state index >= 15 is 0 Å². The standard InChI is InChI=1S/C22H25N5O4/c1-22(2)9-15-7-17(18(8-19(15)31-22)27-3-5-30-6-4-27)26-21(29)16(10-23)20-24-11-14(13-28)12-25-20/h7-8,10-13,23-24H,3-6,9H2,1-2H3,(H,26,29)/b20-16-,23-10?. The predicted octanol–water partition coefficient (Wildman–Crippen LogP) is 1.79. The highest BCUT2D eigenvalue weighted by molar-refractivity contribution is 6.18. The van der Waals surface area contributed by atoms with E-state index in [9.17, 15) is 9.59 Å². The van der Waals surface area contributed by atoms with Crippen LogP contribution in [-0.4, -0.2) is 56.5 Å². The Morgan fingerprint density at radius 3 is 2.74 bits per heavy atom. The number of ether oxygens (including phenoxy) is 2. The Morgan fingerprint density at radius 2 is 2.10 bits per heavy atom. The lowest BCUT2D eigenvalue weighted by atomic mass is 10.0. The highest BCUT2D eigenvalue weighted by Gasteiger charge is 2.32. The molecule has 0 aromatic heterocycles. The zero-order valence-corrected chi connectivity index (χ0v) is 17.5. The number of aliphatic imine (C=N–C) groups is 1. The maximum atomic E-state index is 13.1. The fourth-order valence-corrected chi connectivity index (χ4v) is 3.81. The third-order valence-electron chi connectivity index (χ3n) is 5.28. The molecule has 162 valence electrons. The van der Waals surface area contributed by atoms with Crippen LogP contribution in [0.1, 0.15) is 19.4 Å². The molecule has 1 fully saturated rings. The average molecular weight is 423 g/mol. The lowest BCUT2D eigenvalue weighted by molar-refractivity contribution is -0.112. The van der Waals surface area contributed by atoms with Crippen molar-refractivity contribution in [2.75, 3.05) is 36.5 Å². The number of carbonyl (C=O) groups excluding carboxylic acids is 2. The summed E-state index contributed by atoms with van der Waals surface area (Å²) in [5.41, 5.74) is 2.63. The summed E-state index contributed by atoms with van der Waals surface area (Å²) in [4.78, 5) is 30.1. The Morgan fingerprint density at radius 1 is 1.32 bits per heavy atom. The van der Waals surface area contributed by atoms with Crippen LogP contribution in [0.5, 0.6) is 5.75 Å². The third-order valence-corrected chi connectivity index (χ3v) is 5.28. The Hall–Kier alpha value is -3.46. The molecule has 3 aliphatic rings. The van der Waals surface area contributed by atoms with Gasteiger partial charge in [-0.25, -0.2) is 4.99 Å². The van der Waals surface area contributed by atoms with Crippen molar-refractivity contribution in [2.45, 2.75) is 25.9 Å². The van der Waals surface area contributed by atoms with Gasteiger partial charge >= 0.3 is 0 Å². The first-order chi connectivity index (χ1) is 14.9. The van der Waals surface area contributed by atoms with Crippen LogP contribution >= 0.6 is 0 Å². The van der Waals surface area contributed by atoms with E-state index in [-0.39, 0.29) is 17.0 Å². The molecule has 4 rings (SSSR count). The summed E-state index contributed by atoms with van der Waals surface area (Å²) in [7, 11) is 0. The topological polar surface area (TPSA) is 116 Å². The molecular weight excluding hydrogens is 398 g/mol. The van der Waals surface area contributed by atoms with Crippen LogP contribution in [0.15, 0.2) is 40.3 Å². The van der Waals surface area contributed by atoms with Gasteiger partial charge in [-0.1, -0.05) is 0 Å². The molecule has 9 nitrogen and oxygen atoms in total. The van der Waals surface area contributed by atoms with Crippen molar-refractivity contribution in [1.82, 2.24) is 5.32 Å². The van der Waals surface area contributed by atoms with Gasteiger partial charge in [0.05, 0.1) is 30.2 Å². The molecule has 1 amide bonds. The number of nitrogens with one attached hydrogen (secondary N) is 3. The molecule has 0 saturated carbocycles. The Labute approximate surface area is 180 Å². The van der Waals surface area contributed by atoms with E-state index in [1.165, 1.54) is 12.4 Å². The lowest BCUT2D eigenvalue weighted by Gasteiger charge is -2.31. The summed E-state index contributed by atoms with van der Waals surface area (Å²) in [5.74, 6) is 0.557. The highest BCUT2D eigenvalue weighted by atomic mass is 16.5. The number of rotatable bonds is 5. The minimum absolute atomic E-state index is 0.0578. The SMILES string of the molecule is CC1(C)Cc2cc(NC(=O)/C(C=N)=C3\N=CC(C=O)=CN3)c(N3CCOCC3)cc2O1. The van der Waals surface area contributed by atoms with Gasteiger partial charge in [0.25, 0.3) is 5.91 Å². The summed E-state index contributed by atoms with van der Waals surface area (Å²) in [6.07, 6.45) is 5.13. The molecule has 0 aliphatic carbocycles. The maximum absolute atomic E-state index is 13.1. The van der Waals surface area contributed by atoms with E-state index in [2.05, 4.69) is 20.5 Å². The van der Waals surface area contributed by atoms with Crippen molar-refractivity contribution in [3.63, 3.8) is 0 Å². The van der Waals surface area contributed by atoms with Crippen molar-refractivity contribution in [2.24, 2.45) is 4.99 Å². The van der Waals surface area contributed by atoms with Gasteiger partial charge in [0.1, 0.15) is 17.2 Å². The molecule has 1 aromatic rings. The summed E-state index contributed by atoms with van der Waals surface area (Å²) >= 11 is 0. The van der Waals surface area contributed by atoms with Gasteiger partial charge in [0.15, 0.2) is 6.29 Å². The van der Waals surface area contributed by atoms with E-state index in [1.54, 1.807) is 0 Å². The molecule has 3 aliphatic heterocycles. The lowest BCUT2D eigenvalue weighted by Crippen LogP contribution is -2.37. The van der Waals surface area contributed by atoms with Gasteiger partial charge in [0.2, 0.25) is 0 Å². The molecule has 31 heavy (non-hydrogen) atoms. The second kappa shape index (κ2) is 8.35. The summed E-state index contributed by atoms with van der Waals surface area (Å²) < 4.78 is 11.6. The van der Waals surface area contributed by atoms with Crippen LogP contribution < -0.4 is 20.3 Å². The molecule has 3 N–H and O–H groups in total. The largest absolute Gasteiger partial charge is 0.487 e. The number of anilines is 2. The van der Waals surface area contributed by atoms with Gasteiger partial charge in [-0.2, -0.15) is 0 Å². The summed E-state index contributed by atoms with van der Waals surface area (Å²) in [6.45, 7) is 6.69. The number of nitrogens with zero attached hydrogens (tertiary/aromatic N) is 2. The monoisotopic (exact) mass is 423 g/mol. The number of benzene rings is 1. The fourth-order valence-electron chi connectivity index (χ4n) is 3.81. The van der Waals surface area contributed by atoms with Crippen molar-refractivity contribution >= 4 is 36.0 Å². The molecule has 0 atom stereocenters. The van der Waals surface area contributed by atoms with E-state index in [0.29, 0.717) is 43.8 Å². The van der Waals surface area contributed by atoms with Crippen LogP contribution in [0, 0.1) is 5.41 Å². The molecule has 0 spiro atoms. The Kier molecular flexibility index (Phi) is 5.60. The van der Waals surface area contributed by atoms with Gasteiger partial charge in [0, 0.05) is 55.3 Å². The first-order valence-electron chi connectivity index (χ1n) is 10.1. The van der Waals surface area contributed by atoms with E-state index < -0.39 is 5.91 Å². The van der Waals surface area contributed by atoms with Crippen LogP contribution in [0.3, 0.4) is 0 Å². The first kappa shape index (κ1) is 20.8. The summed E-state index contributed by atoms with van der Waals surface area (Å²) in [6, 6.07) is 3.92. The van der Waals surface area contributed by atoms with Gasteiger partial charge < -0.3 is 30.4 Å². The van der Waals surface area contributed by atoms with E-state index in [4.69, 9.17) is 14.9 Å². The first-order valence-corrected chi connectivity index (χ1v) is 10.1. The molecule has 1 aromatic carbocycles. The van der Waals surface area contributed by atoms with Gasteiger partial charge in [-0.3, -0.25) is 9.59 Å². The van der Waals surface area contributed by atoms with Crippen LogP contribution in [0.2, 0.25) is 0 Å². The Balaban J connectivity index is 1.66. The molecular formula is C22H25N5O4. The number of morpholine rings is 1. The predicted molar refractivity (Wildman–Crippen MR) is 118 cm³/mol. The maximum Gasteiger partial charge on any atom is 0.261 e. The fraction of sp³-hybridized carbons (Fsp3) is 0.364. The van der Waals surface area contributed by atoms with Crippen molar-refractivity contribution in [1.29, 1.82) is 5.41 Å². The molecule has 9 heteroatoms. The molecule has 1 saturated heterocycles. The number of hydrogen-bond acceptors (Lipinski definition) is 8. The second-order valence-corrected chi connectivity index (χ2v) is 8.14. The quantitative estimate of drug-likeness (QED) is 0.378. The molecule has 3 heterocycles. The number of hydrogen-bond donors (Lipinski definition) is 3. The second-order valence-electron chi connectivity index (χ2n) is 8.14. The minimum Gasteiger partial charge on any atom is -0.487 e. The number of aldehydes is 1.